The number of rotatable bonds is 19. The standard InChI is InChI=1S/C28H42N8O6/c1-20-32-26(30)25-27(33-20)36(28(38)34-25)19-22-6-5-21(17-31-22)18-35(23-3-2-4-23)24(37)7-9-39-11-13-41-15-16-42-14-12-40-10-8-29/h5-6,17,23H,2-4,7-16,18-19,29H2,1H3,(H,34,38)(H2,30,32,33). The number of amides is 1. The van der Waals surface area contributed by atoms with Crippen molar-refractivity contribution in [3.05, 3.63) is 45.9 Å². The molecule has 42 heavy (non-hydrogen) atoms. The van der Waals surface area contributed by atoms with E-state index in [0.717, 1.165) is 24.8 Å². The van der Waals surface area contributed by atoms with Gasteiger partial charge in [0.1, 0.15) is 11.3 Å². The molecule has 230 valence electrons. The van der Waals surface area contributed by atoms with E-state index in [9.17, 15) is 9.59 Å². The highest BCUT2D eigenvalue weighted by atomic mass is 16.6. The lowest BCUT2D eigenvalue weighted by atomic mass is 9.91. The lowest BCUT2D eigenvalue weighted by Gasteiger charge is -2.37. The van der Waals surface area contributed by atoms with Crippen molar-refractivity contribution in [2.45, 2.75) is 51.7 Å². The first-order chi connectivity index (χ1) is 20.5. The predicted octanol–water partition coefficient (Wildman–Crippen LogP) is 0.750. The minimum Gasteiger partial charge on any atom is -0.382 e. The number of pyridine rings is 1. The molecule has 5 N–H and O–H groups in total. The van der Waals surface area contributed by atoms with Gasteiger partial charge in [-0.3, -0.25) is 14.3 Å². The molecule has 0 atom stereocenters. The maximum absolute atomic E-state index is 13.1. The number of aryl methyl sites for hydroxylation is 1. The van der Waals surface area contributed by atoms with Gasteiger partial charge in [0.2, 0.25) is 5.91 Å². The topological polar surface area (TPSA) is 186 Å². The first-order valence-corrected chi connectivity index (χ1v) is 14.4. The zero-order chi connectivity index (χ0) is 29.7. The number of hydrogen-bond acceptors (Lipinski definition) is 11. The van der Waals surface area contributed by atoms with E-state index in [2.05, 4.69) is 19.9 Å². The van der Waals surface area contributed by atoms with Crippen molar-refractivity contribution in [1.29, 1.82) is 0 Å². The van der Waals surface area contributed by atoms with Crippen molar-refractivity contribution < 1.29 is 23.7 Å². The number of nitrogens with one attached hydrogen (secondary N) is 1. The second-order valence-corrected chi connectivity index (χ2v) is 10.1. The number of fused-ring (bicyclic) bond motifs is 1. The molecule has 0 aliphatic heterocycles. The van der Waals surface area contributed by atoms with E-state index in [4.69, 9.17) is 30.4 Å². The number of aromatic amines is 1. The Morgan fingerprint density at radius 1 is 1.02 bits per heavy atom. The summed E-state index contributed by atoms with van der Waals surface area (Å²) >= 11 is 0. The Bertz CT molecular complexity index is 1320. The van der Waals surface area contributed by atoms with Crippen LogP contribution in [0.3, 0.4) is 0 Å². The molecular formula is C28H42N8O6. The number of nitrogens with zero attached hydrogens (tertiary/aromatic N) is 5. The summed E-state index contributed by atoms with van der Waals surface area (Å²) in [5.41, 5.74) is 13.4. The number of carbonyl (C=O) groups is 1. The third-order valence-corrected chi connectivity index (χ3v) is 7.00. The van der Waals surface area contributed by atoms with Crippen molar-refractivity contribution in [3.63, 3.8) is 0 Å². The van der Waals surface area contributed by atoms with Crippen molar-refractivity contribution in [3.8, 4) is 0 Å². The van der Waals surface area contributed by atoms with Gasteiger partial charge in [-0.15, -0.1) is 0 Å². The number of nitrogens with two attached hydrogens (primary N) is 2. The second-order valence-electron chi connectivity index (χ2n) is 10.1. The molecule has 3 aromatic rings. The van der Waals surface area contributed by atoms with Crippen LogP contribution in [0.15, 0.2) is 23.1 Å². The number of H-pyrrole nitrogens is 1. The van der Waals surface area contributed by atoms with Crippen LogP contribution in [0.5, 0.6) is 0 Å². The minimum absolute atomic E-state index is 0.0629. The molecule has 0 radical (unpaired) electrons. The van der Waals surface area contributed by atoms with Crippen LogP contribution < -0.4 is 17.2 Å². The molecule has 1 aliphatic rings. The van der Waals surface area contributed by atoms with E-state index in [-0.39, 0.29) is 30.0 Å². The molecule has 14 heteroatoms. The van der Waals surface area contributed by atoms with Gasteiger partial charge in [-0.05, 0) is 37.8 Å². The molecule has 3 heterocycles. The van der Waals surface area contributed by atoms with E-state index >= 15 is 0 Å². The Kier molecular flexibility index (Phi) is 12.2. The van der Waals surface area contributed by atoms with Crippen molar-refractivity contribution in [2.24, 2.45) is 5.73 Å². The Balaban J connectivity index is 1.19. The highest BCUT2D eigenvalue weighted by Crippen LogP contribution is 2.27. The average Bonchev–Trinajstić information content (AvgIpc) is 3.25. The smallest absolute Gasteiger partial charge is 0.328 e. The quantitative estimate of drug-likeness (QED) is 0.168. The molecule has 1 amide bonds. The first kappa shape index (κ1) is 31.5. The number of anilines is 1. The van der Waals surface area contributed by atoms with E-state index < -0.39 is 0 Å². The molecule has 3 aromatic heterocycles. The summed E-state index contributed by atoms with van der Waals surface area (Å²) in [6.45, 7) is 6.67. The molecule has 0 aromatic carbocycles. The summed E-state index contributed by atoms with van der Waals surface area (Å²) in [6.07, 6.45) is 5.19. The number of carbonyl (C=O) groups excluding carboxylic acids is 1. The van der Waals surface area contributed by atoms with Gasteiger partial charge in [0.25, 0.3) is 0 Å². The van der Waals surface area contributed by atoms with Gasteiger partial charge >= 0.3 is 5.69 Å². The molecule has 1 aliphatic carbocycles. The molecule has 1 fully saturated rings. The van der Waals surface area contributed by atoms with Crippen molar-refractivity contribution in [1.82, 2.24) is 29.4 Å². The number of hydrogen-bond donors (Lipinski definition) is 3. The second kappa shape index (κ2) is 16.3. The maximum Gasteiger partial charge on any atom is 0.328 e. The molecule has 4 rings (SSSR count). The normalized spacial score (nSPS) is 13.5. The molecule has 0 unspecified atom stereocenters. The molecule has 14 nitrogen and oxygen atoms in total. The summed E-state index contributed by atoms with van der Waals surface area (Å²) in [5, 5.41) is 0. The van der Waals surface area contributed by atoms with Crippen LogP contribution in [0.25, 0.3) is 11.2 Å². The highest BCUT2D eigenvalue weighted by Gasteiger charge is 2.28. The van der Waals surface area contributed by atoms with Gasteiger partial charge in [0.15, 0.2) is 11.5 Å². The van der Waals surface area contributed by atoms with Crippen LogP contribution >= 0.6 is 0 Å². The van der Waals surface area contributed by atoms with Crippen LogP contribution in [0, 0.1) is 6.92 Å². The average molecular weight is 587 g/mol. The fraction of sp³-hybridized carbons (Fsp3) is 0.607. The molecule has 0 saturated heterocycles. The van der Waals surface area contributed by atoms with Gasteiger partial charge in [-0.2, -0.15) is 0 Å². The zero-order valence-corrected chi connectivity index (χ0v) is 24.3. The molecule has 0 bridgehead atoms. The predicted molar refractivity (Wildman–Crippen MR) is 156 cm³/mol. The lowest BCUT2D eigenvalue weighted by Crippen LogP contribution is -2.44. The van der Waals surface area contributed by atoms with Gasteiger partial charge in [0, 0.05) is 25.3 Å². The van der Waals surface area contributed by atoms with Crippen LogP contribution in [0.2, 0.25) is 0 Å². The monoisotopic (exact) mass is 586 g/mol. The van der Waals surface area contributed by atoms with Crippen LogP contribution in [0.1, 0.15) is 42.8 Å². The number of nitrogen functional groups attached to an aromatic ring is 1. The fourth-order valence-corrected chi connectivity index (χ4v) is 4.58. The summed E-state index contributed by atoms with van der Waals surface area (Å²) < 4.78 is 23.2. The van der Waals surface area contributed by atoms with Crippen molar-refractivity contribution in [2.75, 3.05) is 65.1 Å². The summed E-state index contributed by atoms with van der Waals surface area (Å²) in [5.74, 6) is 0.781. The van der Waals surface area contributed by atoms with Crippen molar-refractivity contribution >= 4 is 22.9 Å². The highest BCUT2D eigenvalue weighted by molar-refractivity contribution is 5.81. The summed E-state index contributed by atoms with van der Waals surface area (Å²) in [6, 6.07) is 4.05. The molecular weight excluding hydrogens is 544 g/mol. The Labute approximate surface area is 244 Å². The molecule has 0 spiro atoms. The SMILES string of the molecule is Cc1nc(N)c2[nH]c(=O)n(Cc3ccc(CN(C(=O)CCOCCOCCOCCOCCN)C4CCC4)cn3)c2n1. The third kappa shape index (κ3) is 9.03. The number of ether oxygens (including phenoxy) is 4. The largest absolute Gasteiger partial charge is 0.382 e. The van der Waals surface area contributed by atoms with E-state index in [0.29, 0.717) is 95.0 Å². The van der Waals surface area contributed by atoms with Crippen LogP contribution in [-0.4, -0.2) is 101 Å². The first-order valence-electron chi connectivity index (χ1n) is 14.4. The Morgan fingerprint density at radius 2 is 1.69 bits per heavy atom. The van der Waals surface area contributed by atoms with Gasteiger partial charge < -0.3 is 40.3 Å². The zero-order valence-electron chi connectivity index (χ0n) is 24.3. The number of imidazole rings is 1. The van der Waals surface area contributed by atoms with E-state index in [1.54, 1.807) is 13.1 Å². The van der Waals surface area contributed by atoms with Gasteiger partial charge in [0.05, 0.1) is 71.5 Å². The number of aromatic nitrogens is 5. The maximum atomic E-state index is 13.1. The Morgan fingerprint density at radius 3 is 2.29 bits per heavy atom. The minimum atomic E-state index is -0.327. The van der Waals surface area contributed by atoms with Gasteiger partial charge in [-0.1, -0.05) is 6.07 Å². The van der Waals surface area contributed by atoms with E-state index in [1.165, 1.54) is 4.57 Å². The lowest BCUT2D eigenvalue weighted by molar-refractivity contribution is -0.137. The Hall–Kier alpha value is -3.43. The molecule has 1 saturated carbocycles. The van der Waals surface area contributed by atoms with Crippen LogP contribution in [-0.2, 0) is 36.8 Å². The fourth-order valence-electron chi connectivity index (χ4n) is 4.58. The summed E-state index contributed by atoms with van der Waals surface area (Å²) in [7, 11) is 0. The van der Waals surface area contributed by atoms with Crippen LogP contribution in [0.4, 0.5) is 5.82 Å². The van der Waals surface area contributed by atoms with E-state index in [1.807, 2.05) is 17.0 Å². The third-order valence-electron chi connectivity index (χ3n) is 7.00. The van der Waals surface area contributed by atoms with Gasteiger partial charge in [-0.25, -0.2) is 14.8 Å². The summed E-state index contributed by atoms with van der Waals surface area (Å²) in [4.78, 5) is 43.3.